The van der Waals surface area contributed by atoms with Gasteiger partial charge < -0.3 is 4.74 Å². The van der Waals surface area contributed by atoms with Crippen LogP contribution in [0.4, 0.5) is 0 Å². The molecule has 0 aromatic heterocycles. The number of rotatable bonds is 6. The van der Waals surface area contributed by atoms with Crippen molar-refractivity contribution in [3.63, 3.8) is 0 Å². The van der Waals surface area contributed by atoms with Crippen LogP contribution in [-0.4, -0.2) is 18.8 Å². The Morgan fingerprint density at radius 2 is 1.90 bits per heavy atom. The molecule has 0 atom stereocenters. The molecule has 1 rings (SSSR count). The lowest BCUT2D eigenvalue weighted by molar-refractivity contribution is -0.140. The Morgan fingerprint density at radius 1 is 1.20 bits per heavy atom. The van der Waals surface area contributed by atoms with Crippen LogP contribution in [0.5, 0.6) is 0 Å². The van der Waals surface area contributed by atoms with Crippen LogP contribution in [0.3, 0.4) is 0 Å². The summed E-state index contributed by atoms with van der Waals surface area (Å²) in [6.07, 6.45) is 11.9. The minimum Gasteiger partial charge on any atom is -0.469 e. The maximum Gasteiger partial charge on any atom is 0.305 e. The summed E-state index contributed by atoms with van der Waals surface area (Å²) in [5, 5.41) is 0. The minimum absolute atomic E-state index is 0.153. The van der Waals surface area contributed by atoms with Crippen molar-refractivity contribution in [2.75, 3.05) is 7.11 Å². The summed E-state index contributed by atoms with van der Waals surface area (Å²) >= 11 is 0. The van der Waals surface area contributed by atoms with Gasteiger partial charge in [0.05, 0.1) is 13.5 Å². The molecular weight excluding hydrogens is 250 g/mol. The molecule has 0 aromatic rings. The van der Waals surface area contributed by atoms with E-state index < -0.39 is 0 Å². The smallest absolute Gasteiger partial charge is 0.305 e. The average Bonchev–Trinajstić information content (AvgIpc) is 2.44. The number of allylic oxidation sites excluding steroid dienone is 4. The van der Waals surface area contributed by atoms with E-state index in [0.717, 1.165) is 44.2 Å². The second-order valence-corrected chi connectivity index (χ2v) is 5.28. The highest BCUT2D eigenvalue weighted by atomic mass is 16.5. The van der Waals surface area contributed by atoms with Crippen molar-refractivity contribution in [1.82, 2.24) is 0 Å². The van der Waals surface area contributed by atoms with Crippen LogP contribution in [0.25, 0.3) is 0 Å². The first kappa shape index (κ1) is 16.7. The number of ether oxygens (including phenoxy) is 1. The third-order valence-corrected chi connectivity index (χ3v) is 3.57. The number of nitrogens with zero attached hydrogens (tertiary/aromatic N) is 1. The summed E-state index contributed by atoms with van der Waals surface area (Å²) in [7, 11) is 1.44. The predicted octanol–water partition coefficient (Wildman–Crippen LogP) is 4.58. The molecule has 0 aliphatic heterocycles. The van der Waals surface area contributed by atoms with Crippen molar-refractivity contribution in [2.24, 2.45) is 4.99 Å². The zero-order chi connectivity index (χ0) is 14.8. The first-order chi connectivity index (χ1) is 9.67. The van der Waals surface area contributed by atoms with E-state index in [9.17, 15) is 4.79 Å². The van der Waals surface area contributed by atoms with Crippen LogP contribution in [0.15, 0.2) is 28.4 Å². The van der Waals surface area contributed by atoms with Crippen molar-refractivity contribution < 1.29 is 9.53 Å². The van der Waals surface area contributed by atoms with E-state index in [1.807, 2.05) is 0 Å². The normalized spacial score (nSPS) is 22.1. The van der Waals surface area contributed by atoms with Gasteiger partial charge in [-0.1, -0.05) is 31.1 Å². The number of hydrogen-bond donors (Lipinski definition) is 0. The SMILES string of the molecule is CCCC(CCC(=O)OC)=N/C1=C(\C)CC/C=C/CC1. The predicted molar refractivity (Wildman–Crippen MR) is 83.9 cm³/mol. The summed E-state index contributed by atoms with van der Waals surface area (Å²) in [5.41, 5.74) is 3.75. The quantitative estimate of drug-likeness (QED) is 0.405. The van der Waals surface area contributed by atoms with Crippen LogP contribution in [0.1, 0.15) is 65.2 Å². The third kappa shape index (κ3) is 6.18. The van der Waals surface area contributed by atoms with E-state index in [1.165, 1.54) is 18.4 Å². The highest BCUT2D eigenvalue weighted by molar-refractivity contribution is 5.88. The minimum atomic E-state index is -0.153. The first-order valence-electron chi connectivity index (χ1n) is 7.64. The lowest BCUT2D eigenvalue weighted by Gasteiger charge is -2.12. The van der Waals surface area contributed by atoms with E-state index in [4.69, 9.17) is 9.73 Å². The third-order valence-electron chi connectivity index (χ3n) is 3.57. The van der Waals surface area contributed by atoms with E-state index in [1.54, 1.807) is 0 Å². The van der Waals surface area contributed by atoms with E-state index in [-0.39, 0.29) is 5.97 Å². The maximum atomic E-state index is 11.3. The Kier molecular flexibility index (Phi) is 7.93. The molecule has 0 unspecified atom stereocenters. The van der Waals surface area contributed by atoms with Gasteiger partial charge in [-0.15, -0.1) is 0 Å². The van der Waals surface area contributed by atoms with Crippen molar-refractivity contribution in [3.8, 4) is 0 Å². The Hall–Kier alpha value is -1.38. The zero-order valence-electron chi connectivity index (χ0n) is 13.1. The molecule has 0 fully saturated rings. The molecular formula is C17H27NO2. The lowest BCUT2D eigenvalue weighted by atomic mass is 10.0. The second-order valence-electron chi connectivity index (χ2n) is 5.28. The molecule has 1 aliphatic rings. The van der Waals surface area contributed by atoms with Crippen molar-refractivity contribution in [1.29, 1.82) is 0 Å². The van der Waals surface area contributed by atoms with Gasteiger partial charge in [-0.25, -0.2) is 0 Å². The highest BCUT2D eigenvalue weighted by Gasteiger charge is 2.08. The number of esters is 1. The lowest BCUT2D eigenvalue weighted by Crippen LogP contribution is -2.06. The van der Waals surface area contributed by atoms with Gasteiger partial charge >= 0.3 is 5.97 Å². The molecule has 0 saturated carbocycles. The molecule has 0 radical (unpaired) electrons. The highest BCUT2D eigenvalue weighted by Crippen LogP contribution is 2.21. The monoisotopic (exact) mass is 277 g/mol. The second kappa shape index (κ2) is 9.51. The van der Waals surface area contributed by atoms with Gasteiger partial charge in [0.25, 0.3) is 0 Å². The fraction of sp³-hybridized carbons (Fsp3) is 0.647. The average molecular weight is 277 g/mol. The number of hydrogen-bond acceptors (Lipinski definition) is 3. The van der Waals surface area contributed by atoms with Crippen molar-refractivity contribution in [2.45, 2.75) is 65.2 Å². The van der Waals surface area contributed by atoms with Crippen molar-refractivity contribution >= 4 is 11.7 Å². The van der Waals surface area contributed by atoms with E-state index in [2.05, 4.69) is 26.0 Å². The summed E-state index contributed by atoms with van der Waals surface area (Å²) < 4.78 is 4.71. The summed E-state index contributed by atoms with van der Waals surface area (Å²) in [4.78, 5) is 16.1. The van der Waals surface area contributed by atoms with Gasteiger partial charge in [0.15, 0.2) is 0 Å². The molecule has 0 heterocycles. The number of carbonyl (C=O) groups is 1. The van der Waals surface area contributed by atoms with Gasteiger partial charge in [-0.3, -0.25) is 9.79 Å². The summed E-state index contributed by atoms with van der Waals surface area (Å²) in [6, 6.07) is 0. The molecule has 0 aromatic carbocycles. The molecule has 0 spiro atoms. The van der Waals surface area contributed by atoms with Crippen LogP contribution in [0, 0.1) is 0 Å². The van der Waals surface area contributed by atoms with Gasteiger partial charge in [0, 0.05) is 11.4 Å². The number of aliphatic imine (C=N–C) groups is 1. The van der Waals surface area contributed by atoms with Gasteiger partial charge in [-0.2, -0.15) is 0 Å². The Labute approximate surface area is 122 Å². The van der Waals surface area contributed by atoms with Crippen LogP contribution in [0.2, 0.25) is 0 Å². The summed E-state index contributed by atoms with van der Waals surface area (Å²) in [6.45, 7) is 4.33. The zero-order valence-corrected chi connectivity index (χ0v) is 13.1. The molecule has 0 saturated heterocycles. The largest absolute Gasteiger partial charge is 0.469 e. The standard InChI is InChI=1S/C17H27NO2/c1-4-9-15(12-13-17(19)20-3)18-16-11-8-6-5-7-10-14(16)2/h5-6H,4,7-13H2,1-3H3/b6-5+,16-14+,18-15?. The number of carbonyl (C=O) groups excluding carboxylic acids is 1. The molecule has 112 valence electrons. The Morgan fingerprint density at radius 3 is 2.55 bits per heavy atom. The molecule has 3 heteroatoms. The van der Waals surface area contributed by atoms with Gasteiger partial charge in [0.2, 0.25) is 0 Å². The summed E-state index contributed by atoms with van der Waals surface area (Å²) in [5.74, 6) is -0.153. The Balaban J connectivity index is 2.76. The van der Waals surface area contributed by atoms with Crippen molar-refractivity contribution in [3.05, 3.63) is 23.4 Å². The van der Waals surface area contributed by atoms with Gasteiger partial charge in [0.1, 0.15) is 0 Å². The molecule has 1 aliphatic carbocycles. The van der Waals surface area contributed by atoms with E-state index >= 15 is 0 Å². The molecule has 0 N–H and O–H groups in total. The molecule has 0 bridgehead atoms. The fourth-order valence-corrected chi connectivity index (χ4v) is 2.33. The van der Waals surface area contributed by atoms with Crippen LogP contribution in [-0.2, 0) is 9.53 Å². The fourth-order valence-electron chi connectivity index (χ4n) is 2.33. The molecule has 20 heavy (non-hydrogen) atoms. The first-order valence-corrected chi connectivity index (χ1v) is 7.64. The van der Waals surface area contributed by atoms with E-state index in [0.29, 0.717) is 12.8 Å². The van der Waals surface area contributed by atoms with Crippen LogP contribution < -0.4 is 0 Å². The van der Waals surface area contributed by atoms with Gasteiger partial charge in [-0.05, 0) is 45.4 Å². The number of methoxy groups -OCH3 is 1. The molecule has 0 amide bonds. The molecule has 3 nitrogen and oxygen atoms in total. The topological polar surface area (TPSA) is 38.7 Å². The Bertz CT molecular complexity index is 405. The maximum absolute atomic E-state index is 11.3. The van der Waals surface area contributed by atoms with Crippen LogP contribution >= 0.6 is 0 Å².